The largest absolute Gasteiger partial charge is 0.298 e. The van der Waals surface area contributed by atoms with Crippen molar-refractivity contribution in [3.8, 4) is 0 Å². The first-order valence-electron chi connectivity index (χ1n) is 6.41. The van der Waals surface area contributed by atoms with Crippen LogP contribution < -0.4 is 5.32 Å². The van der Waals surface area contributed by atoms with Crippen molar-refractivity contribution in [2.75, 3.05) is 5.32 Å². The van der Waals surface area contributed by atoms with E-state index in [0.29, 0.717) is 16.1 Å². The molecule has 3 rings (SSSR count). The standard InChI is InChI=1S/C15H13ClN2OS/c16-12-3-1-2-10(8-12)4-7-14(19)18-15-17-13(9-20-15)11-5-6-11/h1-4,7-9,11H,5-6H2,(H,17,18,19). The molecule has 1 amide bonds. The molecule has 3 nitrogen and oxygen atoms in total. The maximum absolute atomic E-state index is 11.8. The molecule has 1 saturated carbocycles. The second-order valence-electron chi connectivity index (χ2n) is 4.73. The molecule has 1 fully saturated rings. The highest BCUT2D eigenvalue weighted by atomic mass is 35.5. The van der Waals surface area contributed by atoms with E-state index in [4.69, 9.17) is 11.6 Å². The van der Waals surface area contributed by atoms with Gasteiger partial charge in [-0.3, -0.25) is 10.1 Å². The first-order valence-corrected chi connectivity index (χ1v) is 7.66. The fraction of sp³-hybridized carbons (Fsp3) is 0.200. The number of carbonyl (C=O) groups excluding carboxylic acids is 1. The molecule has 0 spiro atoms. The number of hydrogen-bond acceptors (Lipinski definition) is 3. The van der Waals surface area contributed by atoms with Crippen LogP contribution in [0.2, 0.25) is 5.02 Å². The van der Waals surface area contributed by atoms with Crippen LogP contribution in [0.1, 0.15) is 30.0 Å². The van der Waals surface area contributed by atoms with E-state index in [1.807, 2.05) is 17.5 Å². The van der Waals surface area contributed by atoms with Gasteiger partial charge in [0.25, 0.3) is 0 Å². The van der Waals surface area contributed by atoms with Crippen molar-refractivity contribution >= 4 is 40.1 Å². The summed E-state index contributed by atoms with van der Waals surface area (Å²) in [5.74, 6) is 0.431. The lowest BCUT2D eigenvalue weighted by atomic mass is 10.2. The zero-order valence-electron chi connectivity index (χ0n) is 10.7. The Labute approximate surface area is 126 Å². The first-order chi connectivity index (χ1) is 9.70. The average Bonchev–Trinajstić information content (AvgIpc) is 3.18. The van der Waals surface area contributed by atoms with Crippen LogP contribution in [0, 0.1) is 0 Å². The van der Waals surface area contributed by atoms with Gasteiger partial charge in [0.1, 0.15) is 0 Å². The van der Waals surface area contributed by atoms with Crippen LogP contribution in [0.5, 0.6) is 0 Å². The monoisotopic (exact) mass is 304 g/mol. The van der Waals surface area contributed by atoms with Gasteiger partial charge in [-0.05, 0) is 36.6 Å². The molecule has 0 saturated heterocycles. The second kappa shape index (κ2) is 5.77. The Morgan fingerprint density at radius 3 is 3.05 bits per heavy atom. The number of amides is 1. The lowest BCUT2D eigenvalue weighted by Gasteiger charge is -1.97. The van der Waals surface area contributed by atoms with Gasteiger partial charge >= 0.3 is 0 Å². The minimum atomic E-state index is -0.179. The highest BCUT2D eigenvalue weighted by molar-refractivity contribution is 7.14. The third kappa shape index (κ3) is 3.46. The summed E-state index contributed by atoms with van der Waals surface area (Å²) < 4.78 is 0. The van der Waals surface area contributed by atoms with E-state index in [0.717, 1.165) is 11.3 Å². The molecule has 2 aromatic rings. The Hall–Kier alpha value is -1.65. The van der Waals surface area contributed by atoms with E-state index >= 15 is 0 Å². The van der Waals surface area contributed by atoms with Crippen LogP contribution in [0.25, 0.3) is 6.08 Å². The third-order valence-corrected chi connectivity index (χ3v) is 4.03. The molecule has 0 bridgehead atoms. The van der Waals surface area contributed by atoms with Gasteiger partial charge in [0.2, 0.25) is 5.91 Å². The van der Waals surface area contributed by atoms with Crippen LogP contribution in [0.3, 0.4) is 0 Å². The zero-order valence-corrected chi connectivity index (χ0v) is 12.2. The maximum atomic E-state index is 11.8. The van der Waals surface area contributed by atoms with Crippen molar-refractivity contribution in [3.63, 3.8) is 0 Å². The molecule has 20 heavy (non-hydrogen) atoms. The van der Waals surface area contributed by atoms with Crippen molar-refractivity contribution in [2.45, 2.75) is 18.8 Å². The second-order valence-corrected chi connectivity index (χ2v) is 6.02. The van der Waals surface area contributed by atoms with Crippen molar-refractivity contribution in [2.24, 2.45) is 0 Å². The molecule has 0 radical (unpaired) electrons. The van der Waals surface area contributed by atoms with E-state index in [1.54, 1.807) is 18.2 Å². The fourth-order valence-corrected chi connectivity index (χ4v) is 2.83. The highest BCUT2D eigenvalue weighted by Gasteiger charge is 2.26. The lowest BCUT2D eigenvalue weighted by molar-refractivity contribution is -0.111. The SMILES string of the molecule is O=C(C=Cc1cccc(Cl)c1)Nc1nc(C2CC2)cs1. The lowest BCUT2D eigenvalue weighted by Crippen LogP contribution is -2.07. The molecule has 1 aliphatic carbocycles. The molecule has 0 atom stereocenters. The van der Waals surface area contributed by atoms with Crippen LogP contribution in [-0.4, -0.2) is 10.9 Å². The summed E-state index contributed by atoms with van der Waals surface area (Å²) in [7, 11) is 0. The number of halogens is 1. The quantitative estimate of drug-likeness (QED) is 0.854. The molecule has 102 valence electrons. The smallest absolute Gasteiger partial charge is 0.250 e. The molecule has 1 N–H and O–H groups in total. The van der Waals surface area contributed by atoms with Gasteiger partial charge in [0.05, 0.1) is 5.69 Å². The van der Waals surface area contributed by atoms with E-state index in [-0.39, 0.29) is 5.91 Å². The molecular formula is C15H13ClN2OS. The summed E-state index contributed by atoms with van der Waals surface area (Å²) in [5, 5.41) is 6.11. The Kier molecular flexibility index (Phi) is 3.85. The first kappa shape index (κ1) is 13.3. The molecule has 1 heterocycles. The van der Waals surface area contributed by atoms with Gasteiger partial charge in [-0.1, -0.05) is 23.7 Å². The summed E-state index contributed by atoms with van der Waals surface area (Å²) in [6.45, 7) is 0. The van der Waals surface area contributed by atoms with Gasteiger partial charge < -0.3 is 0 Å². The van der Waals surface area contributed by atoms with Crippen LogP contribution in [-0.2, 0) is 4.79 Å². The summed E-state index contributed by atoms with van der Waals surface area (Å²) in [5.41, 5.74) is 1.99. The Balaban J connectivity index is 1.61. The topological polar surface area (TPSA) is 42.0 Å². The van der Waals surface area contributed by atoms with Crippen molar-refractivity contribution in [1.29, 1.82) is 0 Å². The number of aromatic nitrogens is 1. The van der Waals surface area contributed by atoms with Gasteiger partial charge in [0.15, 0.2) is 5.13 Å². The Bertz CT molecular complexity index is 661. The van der Waals surface area contributed by atoms with Crippen LogP contribution >= 0.6 is 22.9 Å². The summed E-state index contributed by atoms with van der Waals surface area (Å²) in [4.78, 5) is 16.2. The zero-order chi connectivity index (χ0) is 13.9. The van der Waals surface area contributed by atoms with Gasteiger partial charge in [-0.2, -0.15) is 0 Å². The normalized spacial score (nSPS) is 14.7. The number of nitrogens with one attached hydrogen (secondary N) is 1. The highest BCUT2D eigenvalue weighted by Crippen LogP contribution is 2.40. The fourth-order valence-electron chi connectivity index (χ4n) is 1.84. The Morgan fingerprint density at radius 2 is 2.30 bits per heavy atom. The van der Waals surface area contributed by atoms with Gasteiger partial charge in [-0.25, -0.2) is 4.98 Å². The van der Waals surface area contributed by atoms with Crippen LogP contribution in [0.15, 0.2) is 35.7 Å². The van der Waals surface area contributed by atoms with E-state index in [1.165, 1.54) is 30.3 Å². The summed E-state index contributed by atoms with van der Waals surface area (Å²) in [6, 6.07) is 7.35. The minimum Gasteiger partial charge on any atom is -0.298 e. The van der Waals surface area contributed by atoms with E-state index < -0.39 is 0 Å². The number of carbonyl (C=O) groups is 1. The van der Waals surface area contributed by atoms with Crippen molar-refractivity contribution in [1.82, 2.24) is 4.98 Å². The maximum Gasteiger partial charge on any atom is 0.250 e. The Morgan fingerprint density at radius 1 is 1.45 bits per heavy atom. The predicted octanol–water partition coefficient (Wildman–Crippen LogP) is 4.33. The third-order valence-electron chi connectivity index (χ3n) is 3.02. The van der Waals surface area contributed by atoms with E-state index in [2.05, 4.69) is 10.3 Å². The molecule has 0 aliphatic heterocycles. The minimum absolute atomic E-state index is 0.179. The molecule has 5 heteroatoms. The van der Waals surface area contributed by atoms with Crippen molar-refractivity contribution < 1.29 is 4.79 Å². The summed E-state index contributed by atoms with van der Waals surface area (Å²) in [6.07, 6.45) is 5.65. The van der Waals surface area contributed by atoms with Crippen LogP contribution in [0.4, 0.5) is 5.13 Å². The molecular weight excluding hydrogens is 292 g/mol. The number of rotatable bonds is 4. The molecule has 1 aromatic carbocycles. The van der Waals surface area contributed by atoms with Crippen molar-refractivity contribution in [3.05, 3.63) is 52.0 Å². The average molecular weight is 305 g/mol. The number of hydrogen-bond donors (Lipinski definition) is 1. The number of benzene rings is 1. The predicted molar refractivity (Wildman–Crippen MR) is 83.2 cm³/mol. The number of thiazole rings is 1. The van der Waals surface area contributed by atoms with Gasteiger partial charge in [0, 0.05) is 22.4 Å². The molecule has 0 unspecified atom stereocenters. The van der Waals surface area contributed by atoms with Gasteiger partial charge in [-0.15, -0.1) is 11.3 Å². The number of nitrogens with zero attached hydrogens (tertiary/aromatic N) is 1. The molecule has 1 aliphatic rings. The molecule has 1 aromatic heterocycles. The number of anilines is 1. The summed E-state index contributed by atoms with van der Waals surface area (Å²) >= 11 is 7.36. The van der Waals surface area contributed by atoms with E-state index in [9.17, 15) is 4.79 Å².